The fraction of sp³-hybridized carbons (Fsp3) is 0.909. The van der Waals surface area contributed by atoms with E-state index < -0.39 is 0 Å². The highest BCUT2D eigenvalue weighted by atomic mass is 16.2. The maximum atomic E-state index is 11.8. The van der Waals surface area contributed by atoms with Crippen molar-refractivity contribution in [3.63, 3.8) is 0 Å². The van der Waals surface area contributed by atoms with Crippen LogP contribution in [0, 0.1) is 11.8 Å². The lowest BCUT2D eigenvalue weighted by molar-refractivity contribution is -0.129. The summed E-state index contributed by atoms with van der Waals surface area (Å²) in [5.41, 5.74) is 0.220. The molecule has 0 atom stereocenters. The summed E-state index contributed by atoms with van der Waals surface area (Å²) in [6.45, 7) is 2.20. The largest absolute Gasteiger partial charge is 0.350 e. The number of hydrogen-bond donors (Lipinski definition) is 2. The third-order valence-electron chi connectivity index (χ3n) is 4.20. The average Bonchev–Trinajstić information content (AvgIpc) is 2.59. The molecule has 0 spiro atoms. The molecule has 0 aromatic heterocycles. The third kappa shape index (κ3) is 1.26. The van der Waals surface area contributed by atoms with Crippen LogP contribution in [0.1, 0.15) is 32.1 Å². The van der Waals surface area contributed by atoms with Gasteiger partial charge in [-0.2, -0.15) is 0 Å². The molecular formula is C11H18N2O. The van der Waals surface area contributed by atoms with E-state index in [1.165, 1.54) is 19.3 Å². The maximum absolute atomic E-state index is 11.8. The number of amides is 1. The minimum Gasteiger partial charge on any atom is -0.350 e. The van der Waals surface area contributed by atoms with Gasteiger partial charge >= 0.3 is 0 Å². The summed E-state index contributed by atoms with van der Waals surface area (Å²) in [5, 5.41) is 6.58. The Morgan fingerprint density at radius 3 is 2.36 bits per heavy atom. The molecule has 3 heteroatoms. The molecule has 2 aliphatic carbocycles. The fourth-order valence-corrected chi connectivity index (χ4v) is 2.47. The second-order valence-corrected chi connectivity index (χ2v) is 5.13. The zero-order chi connectivity index (χ0) is 9.60. The highest BCUT2D eigenvalue weighted by Gasteiger charge is 2.52. The van der Waals surface area contributed by atoms with Crippen molar-refractivity contribution in [1.29, 1.82) is 0 Å². The summed E-state index contributed by atoms with van der Waals surface area (Å²) in [6.07, 6.45) is 5.89. The number of rotatable bonds is 3. The zero-order valence-corrected chi connectivity index (χ0v) is 8.51. The number of carbonyl (C=O) groups excluding carboxylic acids is 1. The van der Waals surface area contributed by atoms with Gasteiger partial charge in [-0.3, -0.25) is 4.79 Å². The van der Waals surface area contributed by atoms with Crippen molar-refractivity contribution in [2.24, 2.45) is 11.8 Å². The van der Waals surface area contributed by atoms with Gasteiger partial charge in [-0.05, 0) is 25.7 Å². The Morgan fingerprint density at radius 2 is 2.00 bits per heavy atom. The van der Waals surface area contributed by atoms with Gasteiger partial charge in [0.05, 0.1) is 0 Å². The standard InChI is InChI=1S/C11H18N2O/c14-10(8-2-1-3-8)13-11(4-5-11)9-6-12-7-9/h8-9,12H,1-7H2,(H,13,14). The van der Waals surface area contributed by atoms with Crippen LogP contribution in [0.15, 0.2) is 0 Å². The van der Waals surface area contributed by atoms with Gasteiger partial charge in [0.15, 0.2) is 0 Å². The molecule has 3 fully saturated rings. The normalized spacial score (nSPS) is 30.3. The quantitative estimate of drug-likeness (QED) is 0.693. The molecule has 0 aromatic rings. The first-order valence-electron chi connectivity index (χ1n) is 5.83. The van der Waals surface area contributed by atoms with Crippen LogP contribution in [0.5, 0.6) is 0 Å². The van der Waals surface area contributed by atoms with Gasteiger partial charge in [0, 0.05) is 30.5 Å². The molecule has 1 heterocycles. The van der Waals surface area contributed by atoms with E-state index in [2.05, 4.69) is 10.6 Å². The summed E-state index contributed by atoms with van der Waals surface area (Å²) in [7, 11) is 0. The van der Waals surface area contributed by atoms with Crippen LogP contribution in [0.3, 0.4) is 0 Å². The summed E-state index contributed by atoms with van der Waals surface area (Å²) in [4.78, 5) is 11.8. The molecule has 0 unspecified atom stereocenters. The molecule has 0 radical (unpaired) electrons. The van der Waals surface area contributed by atoms with Crippen LogP contribution < -0.4 is 10.6 Å². The van der Waals surface area contributed by atoms with E-state index in [1.807, 2.05) is 0 Å². The Balaban J connectivity index is 1.57. The van der Waals surface area contributed by atoms with Gasteiger partial charge in [-0.25, -0.2) is 0 Å². The third-order valence-corrected chi connectivity index (χ3v) is 4.20. The minimum atomic E-state index is 0.220. The van der Waals surface area contributed by atoms with Gasteiger partial charge in [0.1, 0.15) is 0 Å². The first-order valence-corrected chi connectivity index (χ1v) is 5.83. The highest BCUT2D eigenvalue weighted by Crippen LogP contribution is 2.44. The van der Waals surface area contributed by atoms with Crippen molar-refractivity contribution in [3.8, 4) is 0 Å². The minimum absolute atomic E-state index is 0.220. The molecule has 78 valence electrons. The van der Waals surface area contributed by atoms with Crippen molar-refractivity contribution in [3.05, 3.63) is 0 Å². The molecule has 3 aliphatic rings. The van der Waals surface area contributed by atoms with Crippen molar-refractivity contribution in [2.45, 2.75) is 37.6 Å². The van der Waals surface area contributed by atoms with E-state index in [9.17, 15) is 4.79 Å². The second-order valence-electron chi connectivity index (χ2n) is 5.13. The van der Waals surface area contributed by atoms with Crippen LogP contribution >= 0.6 is 0 Å². The molecule has 2 N–H and O–H groups in total. The first kappa shape index (κ1) is 8.72. The molecule has 1 saturated heterocycles. The Kier molecular flexibility index (Phi) is 1.84. The van der Waals surface area contributed by atoms with Crippen LogP contribution in [0.25, 0.3) is 0 Å². The van der Waals surface area contributed by atoms with Gasteiger partial charge in [-0.1, -0.05) is 6.42 Å². The van der Waals surface area contributed by atoms with Gasteiger partial charge in [0.2, 0.25) is 5.91 Å². The predicted molar refractivity (Wildman–Crippen MR) is 53.8 cm³/mol. The lowest BCUT2D eigenvalue weighted by Gasteiger charge is -2.37. The van der Waals surface area contributed by atoms with Crippen molar-refractivity contribution < 1.29 is 4.79 Å². The molecule has 1 aliphatic heterocycles. The van der Waals surface area contributed by atoms with Gasteiger partial charge in [0.25, 0.3) is 0 Å². The zero-order valence-electron chi connectivity index (χ0n) is 8.51. The number of carbonyl (C=O) groups is 1. The predicted octanol–water partition coefficient (Wildman–Crippen LogP) is 0.655. The van der Waals surface area contributed by atoms with Gasteiger partial charge in [-0.15, -0.1) is 0 Å². The van der Waals surface area contributed by atoms with Crippen molar-refractivity contribution in [2.75, 3.05) is 13.1 Å². The first-order chi connectivity index (χ1) is 6.80. The smallest absolute Gasteiger partial charge is 0.223 e. The Labute approximate surface area is 84.6 Å². The van der Waals surface area contributed by atoms with Crippen LogP contribution in [-0.4, -0.2) is 24.5 Å². The van der Waals surface area contributed by atoms with Crippen LogP contribution in [-0.2, 0) is 4.79 Å². The van der Waals surface area contributed by atoms with E-state index in [4.69, 9.17) is 0 Å². The van der Waals surface area contributed by atoms with Crippen molar-refractivity contribution >= 4 is 5.91 Å². The summed E-state index contributed by atoms with van der Waals surface area (Å²) in [6, 6.07) is 0. The highest BCUT2D eigenvalue weighted by molar-refractivity contribution is 5.80. The molecule has 14 heavy (non-hydrogen) atoms. The maximum Gasteiger partial charge on any atom is 0.223 e. The Hall–Kier alpha value is -0.570. The summed E-state index contributed by atoms with van der Waals surface area (Å²) in [5.74, 6) is 1.40. The SMILES string of the molecule is O=C(NC1(C2CNC2)CC1)C1CCC1. The molecule has 0 aromatic carbocycles. The van der Waals surface area contributed by atoms with Gasteiger partial charge < -0.3 is 10.6 Å². The number of nitrogens with one attached hydrogen (secondary N) is 2. The molecular weight excluding hydrogens is 176 g/mol. The van der Waals surface area contributed by atoms with E-state index in [1.54, 1.807) is 0 Å². The average molecular weight is 194 g/mol. The van der Waals surface area contributed by atoms with E-state index in [-0.39, 0.29) is 5.54 Å². The Morgan fingerprint density at radius 1 is 1.29 bits per heavy atom. The van der Waals surface area contributed by atoms with E-state index in [0.29, 0.717) is 17.7 Å². The summed E-state index contributed by atoms with van der Waals surface area (Å²) < 4.78 is 0. The fourth-order valence-electron chi connectivity index (χ4n) is 2.47. The molecule has 2 saturated carbocycles. The lowest BCUT2D eigenvalue weighted by atomic mass is 9.83. The molecule has 0 bridgehead atoms. The Bertz CT molecular complexity index is 252. The molecule has 3 nitrogen and oxygen atoms in total. The molecule has 3 rings (SSSR count). The monoisotopic (exact) mass is 194 g/mol. The topological polar surface area (TPSA) is 41.1 Å². The summed E-state index contributed by atoms with van der Waals surface area (Å²) >= 11 is 0. The van der Waals surface area contributed by atoms with Crippen LogP contribution in [0.2, 0.25) is 0 Å². The lowest BCUT2D eigenvalue weighted by Crippen LogP contribution is -2.57. The van der Waals surface area contributed by atoms with E-state index in [0.717, 1.165) is 25.9 Å². The van der Waals surface area contributed by atoms with Crippen molar-refractivity contribution in [1.82, 2.24) is 10.6 Å². The van der Waals surface area contributed by atoms with Crippen LogP contribution in [0.4, 0.5) is 0 Å². The number of hydrogen-bond acceptors (Lipinski definition) is 2. The second kappa shape index (κ2) is 2.96. The van der Waals surface area contributed by atoms with E-state index >= 15 is 0 Å². The molecule has 1 amide bonds.